The van der Waals surface area contributed by atoms with Gasteiger partial charge in [-0.3, -0.25) is 4.79 Å². The van der Waals surface area contributed by atoms with Gasteiger partial charge in [0.2, 0.25) is 5.78 Å². The molecule has 0 aliphatic rings. The summed E-state index contributed by atoms with van der Waals surface area (Å²) in [5.41, 5.74) is 4.17. The highest BCUT2D eigenvalue weighted by molar-refractivity contribution is 5.96. The number of benzene rings is 2. The van der Waals surface area contributed by atoms with Crippen LogP contribution in [0, 0.1) is 13.8 Å². The summed E-state index contributed by atoms with van der Waals surface area (Å²) in [7, 11) is 2.03. The molecule has 22 heavy (non-hydrogen) atoms. The first-order valence-electron chi connectivity index (χ1n) is 7.11. The maximum atomic E-state index is 12.5. The van der Waals surface area contributed by atoms with Crippen LogP contribution in [0.1, 0.15) is 21.7 Å². The number of rotatable bonds is 3. The zero-order chi connectivity index (χ0) is 15.0. The Morgan fingerprint density at radius 3 is 2.36 bits per heavy atom. The summed E-state index contributed by atoms with van der Waals surface area (Å²) >= 11 is 0. The molecule has 0 aliphatic heterocycles. The van der Waals surface area contributed by atoms with Crippen LogP contribution in [0.2, 0.25) is 0 Å². The topological polar surface area (TPSA) is 25.9 Å². The third-order valence-electron chi connectivity index (χ3n) is 4.09. The molecule has 0 saturated heterocycles. The fraction of sp³-hybridized carbons (Fsp3) is 0.222. The zero-order valence-electron chi connectivity index (χ0n) is 13.0. The van der Waals surface area contributed by atoms with Crippen LogP contribution in [0.3, 0.4) is 0 Å². The molecule has 0 saturated carbocycles. The number of hydrogen-bond acceptors (Lipinski definition) is 1. The van der Waals surface area contributed by atoms with Gasteiger partial charge in [0.1, 0.15) is 0 Å². The molecule has 3 aromatic rings. The number of fused-ring (bicyclic) bond motifs is 1. The third kappa shape index (κ3) is 2.83. The standard InChI is InChI=1S/C18H19N2O.BrH/c1-13-8-10-15(11-9-13)18(21)12-20-14(2)19(3)16-6-4-5-7-17(16)20;/h4-11H,12H2,1-3H3;1H/q+1;/p-1. The van der Waals surface area contributed by atoms with Crippen molar-refractivity contribution in [3.8, 4) is 0 Å². The Kier molecular flexibility index (Phi) is 4.81. The Hall–Kier alpha value is -1.94. The maximum absolute atomic E-state index is 12.5. The average Bonchev–Trinajstić information content (AvgIpc) is 2.73. The lowest BCUT2D eigenvalue weighted by Crippen LogP contribution is -3.00. The smallest absolute Gasteiger partial charge is 0.254 e. The summed E-state index contributed by atoms with van der Waals surface area (Å²) in [4.78, 5) is 12.5. The third-order valence-corrected chi connectivity index (χ3v) is 4.09. The van der Waals surface area contributed by atoms with Crippen molar-refractivity contribution in [2.45, 2.75) is 20.4 Å². The van der Waals surface area contributed by atoms with Gasteiger partial charge in [-0.25, -0.2) is 9.13 Å². The zero-order valence-corrected chi connectivity index (χ0v) is 14.6. The molecule has 4 heteroatoms. The number of Topliss-reactive ketones (excluding diaryl/α,β-unsaturated/α-hetero) is 1. The van der Waals surface area contributed by atoms with Gasteiger partial charge in [-0.15, -0.1) is 0 Å². The lowest BCUT2D eigenvalue weighted by Gasteiger charge is -2.01. The number of carbonyl (C=O) groups excluding carboxylic acids is 1. The second-order valence-corrected chi connectivity index (χ2v) is 5.47. The lowest BCUT2D eigenvalue weighted by molar-refractivity contribution is -0.652. The number of nitrogens with zero attached hydrogens (tertiary/aromatic N) is 2. The molecule has 0 radical (unpaired) electrons. The molecule has 0 unspecified atom stereocenters. The van der Waals surface area contributed by atoms with E-state index in [0.29, 0.717) is 6.54 Å². The summed E-state index contributed by atoms with van der Waals surface area (Å²) in [6.07, 6.45) is 0. The number of hydrogen-bond donors (Lipinski definition) is 0. The van der Waals surface area contributed by atoms with E-state index < -0.39 is 0 Å². The van der Waals surface area contributed by atoms with Crippen LogP contribution in [0.5, 0.6) is 0 Å². The summed E-state index contributed by atoms with van der Waals surface area (Å²) in [6, 6.07) is 15.9. The number of ketones is 1. The predicted molar refractivity (Wildman–Crippen MR) is 83.4 cm³/mol. The Bertz CT molecular complexity index is 819. The van der Waals surface area contributed by atoms with Crippen molar-refractivity contribution in [2.24, 2.45) is 7.05 Å². The van der Waals surface area contributed by atoms with E-state index in [1.165, 1.54) is 5.56 Å². The van der Waals surface area contributed by atoms with E-state index in [9.17, 15) is 4.79 Å². The Balaban J connectivity index is 0.00000176. The summed E-state index contributed by atoms with van der Waals surface area (Å²) in [5, 5.41) is 0. The van der Waals surface area contributed by atoms with Crippen molar-refractivity contribution < 1.29 is 26.3 Å². The highest BCUT2D eigenvalue weighted by Crippen LogP contribution is 2.15. The second-order valence-electron chi connectivity index (χ2n) is 5.47. The van der Waals surface area contributed by atoms with Crippen LogP contribution in [0.25, 0.3) is 11.0 Å². The molecule has 0 bridgehead atoms. The second kappa shape index (κ2) is 6.44. The minimum absolute atomic E-state index is 0. The van der Waals surface area contributed by atoms with Crippen molar-refractivity contribution in [1.82, 2.24) is 4.57 Å². The first-order valence-corrected chi connectivity index (χ1v) is 7.11. The van der Waals surface area contributed by atoms with E-state index in [2.05, 4.69) is 21.3 Å². The molecule has 3 rings (SSSR count). The average molecular weight is 359 g/mol. The van der Waals surface area contributed by atoms with Gasteiger partial charge in [-0.05, 0) is 19.1 Å². The van der Waals surface area contributed by atoms with Crippen LogP contribution in [-0.2, 0) is 13.6 Å². The number of aromatic nitrogens is 2. The molecule has 114 valence electrons. The molecular weight excluding hydrogens is 340 g/mol. The minimum atomic E-state index is 0. The van der Waals surface area contributed by atoms with Crippen LogP contribution >= 0.6 is 0 Å². The number of aryl methyl sites for hydroxylation is 2. The van der Waals surface area contributed by atoms with E-state index in [0.717, 1.165) is 22.4 Å². The SMILES string of the molecule is Cc1ccc(C(=O)Cn2c(C)[n+](C)c3ccccc32)cc1.[Br-]. The van der Waals surface area contributed by atoms with Crippen molar-refractivity contribution in [3.63, 3.8) is 0 Å². The first-order chi connectivity index (χ1) is 10.1. The normalized spacial score (nSPS) is 10.5. The Morgan fingerprint density at radius 1 is 1.05 bits per heavy atom. The summed E-state index contributed by atoms with van der Waals surface area (Å²) in [5.74, 6) is 1.22. The number of carbonyl (C=O) groups is 1. The Labute approximate surface area is 141 Å². The van der Waals surface area contributed by atoms with Gasteiger partial charge in [-0.1, -0.05) is 42.0 Å². The molecule has 0 N–H and O–H groups in total. The molecule has 0 fully saturated rings. The van der Waals surface area contributed by atoms with Gasteiger partial charge in [0, 0.05) is 12.5 Å². The summed E-state index contributed by atoms with van der Waals surface area (Å²) < 4.78 is 4.20. The highest BCUT2D eigenvalue weighted by atomic mass is 79.9. The molecule has 3 nitrogen and oxygen atoms in total. The molecule has 0 spiro atoms. The largest absolute Gasteiger partial charge is 1.00 e. The molecular formula is C18H19BrN2O. The molecule has 0 amide bonds. The van der Waals surface area contributed by atoms with Gasteiger partial charge in [-0.2, -0.15) is 0 Å². The molecule has 1 heterocycles. The van der Waals surface area contributed by atoms with Crippen LogP contribution in [0.15, 0.2) is 48.5 Å². The van der Waals surface area contributed by atoms with E-state index in [1.54, 1.807) is 0 Å². The molecule has 1 aromatic heterocycles. The van der Waals surface area contributed by atoms with Crippen molar-refractivity contribution >= 4 is 16.8 Å². The predicted octanol–water partition coefficient (Wildman–Crippen LogP) is -0.0305. The van der Waals surface area contributed by atoms with E-state index in [-0.39, 0.29) is 22.8 Å². The lowest BCUT2D eigenvalue weighted by atomic mass is 10.1. The van der Waals surface area contributed by atoms with Crippen LogP contribution < -0.4 is 21.5 Å². The maximum Gasteiger partial charge on any atom is 0.254 e. The van der Waals surface area contributed by atoms with Gasteiger partial charge < -0.3 is 17.0 Å². The fourth-order valence-electron chi connectivity index (χ4n) is 2.68. The fourth-order valence-corrected chi connectivity index (χ4v) is 2.68. The van der Waals surface area contributed by atoms with Crippen LogP contribution in [0.4, 0.5) is 0 Å². The van der Waals surface area contributed by atoms with Gasteiger partial charge in [0.05, 0.1) is 7.05 Å². The quantitative estimate of drug-likeness (QED) is 0.477. The van der Waals surface area contributed by atoms with Crippen molar-refractivity contribution in [3.05, 3.63) is 65.5 Å². The Morgan fingerprint density at radius 2 is 1.68 bits per heavy atom. The molecule has 2 aromatic carbocycles. The first kappa shape index (κ1) is 16.4. The van der Waals surface area contributed by atoms with Gasteiger partial charge >= 0.3 is 0 Å². The van der Waals surface area contributed by atoms with Crippen molar-refractivity contribution in [1.29, 1.82) is 0 Å². The van der Waals surface area contributed by atoms with Crippen LogP contribution in [-0.4, -0.2) is 10.4 Å². The summed E-state index contributed by atoms with van der Waals surface area (Å²) in [6.45, 7) is 4.44. The molecule has 0 aliphatic carbocycles. The van der Waals surface area contributed by atoms with Crippen molar-refractivity contribution in [2.75, 3.05) is 0 Å². The monoisotopic (exact) mass is 358 g/mol. The van der Waals surface area contributed by atoms with E-state index in [4.69, 9.17) is 0 Å². The minimum Gasteiger partial charge on any atom is -1.00 e. The number of halogens is 1. The highest BCUT2D eigenvalue weighted by Gasteiger charge is 2.21. The van der Waals surface area contributed by atoms with E-state index in [1.807, 2.05) is 57.3 Å². The van der Waals surface area contributed by atoms with Gasteiger partial charge in [0.25, 0.3) is 5.82 Å². The number of imidazole rings is 1. The number of para-hydroxylation sites is 2. The van der Waals surface area contributed by atoms with E-state index >= 15 is 0 Å². The van der Waals surface area contributed by atoms with Gasteiger partial charge in [0.15, 0.2) is 17.6 Å². The molecule has 0 atom stereocenters.